The molecular weight excluding hydrogens is 611 g/mol. The maximum atomic E-state index is 13.7. The number of nitro benzene ring substituents is 1. The van der Waals surface area contributed by atoms with Gasteiger partial charge in [0.2, 0.25) is 0 Å². The number of carboxylic acid groups (broad SMARTS) is 1. The molecule has 2 aromatic rings. The fourth-order valence-electron chi connectivity index (χ4n) is 3.83. The Bertz CT molecular complexity index is 1240. The van der Waals surface area contributed by atoms with Gasteiger partial charge in [0, 0.05) is 43.8 Å². The summed E-state index contributed by atoms with van der Waals surface area (Å²) < 4.78 is 102. The molecule has 2 amide bonds. The van der Waals surface area contributed by atoms with E-state index >= 15 is 0 Å². The third kappa shape index (κ3) is 10.2. The second kappa shape index (κ2) is 15.5. The molecule has 2 aromatic carbocycles. The van der Waals surface area contributed by atoms with Gasteiger partial charge in [-0.05, 0) is 49.6 Å². The summed E-state index contributed by atoms with van der Waals surface area (Å²) in [6, 6.07) is 10.1. The summed E-state index contributed by atoms with van der Waals surface area (Å²) in [6.45, 7) is 1.19. The average Bonchev–Trinajstić information content (AvgIpc) is 2.94. The second-order valence-corrected chi connectivity index (χ2v) is 9.43. The van der Waals surface area contributed by atoms with Crippen LogP contribution in [0.4, 0.5) is 46.9 Å². The lowest BCUT2D eigenvalue weighted by molar-refractivity contribution is -0.384. The van der Waals surface area contributed by atoms with Crippen LogP contribution >= 0.6 is 0 Å². The van der Waals surface area contributed by atoms with Crippen molar-refractivity contribution in [3.05, 3.63) is 64.2 Å². The Balaban J connectivity index is 2.03. The van der Waals surface area contributed by atoms with Crippen LogP contribution in [0.5, 0.6) is 5.75 Å². The van der Waals surface area contributed by atoms with Crippen LogP contribution in [-0.2, 0) is 16.0 Å². The lowest BCUT2D eigenvalue weighted by Crippen LogP contribution is -2.51. The Hall–Kier alpha value is -4.15. The molecule has 0 saturated heterocycles. The van der Waals surface area contributed by atoms with Gasteiger partial charge in [0.25, 0.3) is 5.69 Å². The van der Waals surface area contributed by atoms with Crippen LogP contribution in [0.2, 0.25) is 0 Å². The zero-order valence-electron chi connectivity index (χ0n) is 23.3. The molecule has 0 aliphatic carbocycles. The number of aliphatic carboxylic acids is 1. The Labute approximate surface area is 246 Å². The number of nitro groups is 1. The summed E-state index contributed by atoms with van der Waals surface area (Å²) in [4.78, 5) is 35.4. The Kier molecular flexibility index (Phi) is 12.7. The van der Waals surface area contributed by atoms with E-state index in [4.69, 9.17) is 9.47 Å². The number of anilines is 1. The van der Waals surface area contributed by atoms with Crippen LogP contribution in [0.25, 0.3) is 0 Å². The summed E-state index contributed by atoms with van der Waals surface area (Å²) in [5, 5.41) is 22.5. The number of carbonyl (C=O) groups is 2. The normalized spacial score (nSPS) is 12.8. The number of urea groups is 1. The molecule has 2 rings (SSSR count). The number of halogens is 7. The van der Waals surface area contributed by atoms with Crippen molar-refractivity contribution in [3.63, 3.8) is 0 Å². The molecule has 244 valence electrons. The first kappa shape index (κ1) is 36.0. The fourth-order valence-corrected chi connectivity index (χ4v) is 3.83. The van der Waals surface area contributed by atoms with Gasteiger partial charge in [-0.15, -0.1) is 0 Å². The van der Waals surface area contributed by atoms with Gasteiger partial charge in [-0.2, -0.15) is 30.7 Å². The maximum Gasteiger partial charge on any atom is 0.459 e. The Morgan fingerprint density at radius 1 is 0.977 bits per heavy atom. The third-order valence-electron chi connectivity index (χ3n) is 6.22. The fraction of sp³-hybridized carbons (Fsp3) is 0.481. The van der Waals surface area contributed by atoms with E-state index in [0.29, 0.717) is 11.3 Å². The first-order valence-corrected chi connectivity index (χ1v) is 13.2. The topological polar surface area (TPSA) is 131 Å². The smallest absolute Gasteiger partial charge is 0.459 e. The van der Waals surface area contributed by atoms with Crippen molar-refractivity contribution in [2.75, 3.05) is 31.6 Å². The Morgan fingerprint density at radius 3 is 2.11 bits per heavy atom. The first-order valence-electron chi connectivity index (χ1n) is 13.2. The van der Waals surface area contributed by atoms with E-state index in [1.165, 1.54) is 24.3 Å². The number of unbranched alkanes of at least 4 members (excludes halogenated alkanes) is 1. The number of nitrogens with zero attached hydrogens (tertiary/aromatic N) is 2. The molecule has 0 fully saturated rings. The number of hydrogen-bond donors (Lipinski definition) is 2. The highest BCUT2D eigenvalue weighted by molar-refractivity contribution is 5.89. The van der Waals surface area contributed by atoms with E-state index in [0.717, 1.165) is 17.0 Å². The Morgan fingerprint density at radius 2 is 1.59 bits per heavy atom. The molecule has 44 heavy (non-hydrogen) atoms. The molecule has 0 aliphatic rings. The molecule has 10 nitrogen and oxygen atoms in total. The highest BCUT2D eigenvalue weighted by atomic mass is 19.4. The SMILES string of the molecule is CCOC(Cc1ccc(OCCN(CCCCC(F)(F)C(F)(F)C(F)(F)F)C(=O)Nc2ccc([N+](=O)[O-])cc2)cc1)C(=O)O. The van der Waals surface area contributed by atoms with Crippen molar-refractivity contribution in [2.45, 2.75) is 56.7 Å². The van der Waals surface area contributed by atoms with E-state index in [9.17, 15) is 55.5 Å². The van der Waals surface area contributed by atoms with E-state index in [-0.39, 0.29) is 50.5 Å². The molecule has 0 saturated carbocycles. The van der Waals surface area contributed by atoms with Crippen LogP contribution in [0, 0.1) is 10.1 Å². The highest BCUT2D eigenvalue weighted by Crippen LogP contribution is 2.48. The van der Waals surface area contributed by atoms with Gasteiger partial charge in [-0.25, -0.2) is 9.59 Å². The minimum atomic E-state index is -6.44. The van der Waals surface area contributed by atoms with Crippen LogP contribution in [0.3, 0.4) is 0 Å². The van der Waals surface area contributed by atoms with Crippen LogP contribution in [0.15, 0.2) is 48.5 Å². The zero-order valence-corrected chi connectivity index (χ0v) is 23.3. The number of carbonyl (C=O) groups excluding carboxylic acids is 1. The molecule has 0 aromatic heterocycles. The summed E-state index contributed by atoms with van der Waals surface area (Å²) in [7, 11) is 0. The van der Waals surface area contributed by atoms with Crippen molar-refractivity contribution in [2.24, 2.45) is 0 Å². The molecule has 1 unspecified atom stereocenters. The average molecular weight is 642 g/mol. The standard InChI is InChI=1S/C27H30F7N3O7/c1-2-43-22(23(38)39)17-18-5-11-21(12-6-18)44-16-15-36(24(40)35-19-7-9-20(10-8-19)37(41)42)14-4-3-13-25(28,29)26(30,31)27(32,33)34/h5-12,22H,2-4,13-17H2,1H3,(H,35,40)(H,38,39). The van der Waals surface area contributed by atoms with Gasteiger partial charge in [-0.3, -0.25) is 10.1 Å². The molecular formula is C27H30F7N3O7. The lowest BCUT2D eigenvalue weighted by atomic mass is 10.0. The van der Waals surface area contributed by atoms with Crippen molar-refractivity contribution in [1.29, 1.82) is 0 Å². The summed E-state index contributed by atoms with van der Waals surface area (Å²) >= 11 is 0. The van der Waals surface area contributed by atoms with E-state index in [1.807, 2.05) is 0 Å². The molecule has 0 spiro atoms. The largest absolute Gasteiger partial charge is 0.492 e. The number of ether oxygens (including phenoxy) is 2. The number of amides is 2. The van der Waals surface area contributed by atoms with Crippen molar-refractivity contribution >= 4 is 23.4 Å². The number of hydrogen-bond acceptors (Lipinski definition) is 6. The van der Waals surface area contributed by atoms with Gasteiger partial charge in [-0.1, -0.05) is 12.1 Å². The van der Waals surface area contributed by atoms with Gasteiger partial charge in [0.05, 0.1) is 11.5 Å². The van der Waals surface area contributed by atoms with Gasteiger partial charge >= 0.3 is 30.0 Å². The van der Waals surface area contributed by atoms with Gasteiger partial charge in [0.15, 0.2) is 6.10 Å². The van der Waals surface area contributed by atoms with Crippen molar-refractivity contribution in [1.82, 2.24) is 4.90 Å². The minimum Gasteiger partial charge on any atom is -0.492 e. The zero-order chi connectivity index (χ0) is 33.1. The van der Waals surface area contributed by atoms with E-state index in [2.05, 4.69) is 5.32 Å². The first-order chi connectivity index (χ1) is 20.5. The van der Waals surface area contributed by atoms with E-state index in [1.54, 1.807) is 19.1 Å². The minimum absolute atomic E-state index is 0.0913. The van der Waals surface area contributed by atoms with Crippen LogP contribution in [0.1, 0.15) is 31.7 Å². The number of benzene rings is 2. The molecule has 0 heterocycles. The van der Waals surface area contributed by atoms with Gasteiger partial charge < -0.3 is 24.8 Å². The number of rotatable bonds is 17. The van der Waals surface area contributed by atoms with Gasteiger partial charge in [0.1, 0.15) is 12.4 Å². The van der Waals surface area contributed by atoms with Crippen molar-refractivity contribution < 1.29 is 59.8 Å². The maximum absolute atomic E-state index is 13.7. The number of non-ortho nitro benzene ring substituents is 1. The number of alkyl halides is 7. The monoisotopic (exact) mass is 641 g/mol. The molecule has 17 heteroatoms. The summed E-state index contributed by atoms with van der Waals surface area (Å²) in [6.07, 6.45) is -10.3. The van der Waals surface area contributed by atoms with Crippen LogP contribution < -0.4 is 10.1 Å². The van der Waals surface area contributed by atoms with Crippen LogP contribution in [-0.4, -0.2) is 77.4 Å². The second-order valence-electron chi connectivity index (χ2n) is 9.43. The predicted octanol–water partition coefficient (Wildman–Crippen LogP) is 6.54. The molecule has 0 aliphatic heterocycles. The van der Waals surface area contributed by atoms with Crippen molar-refractivity contribution in [3.8, 4) is 5.75 Å². The number of nitrogens with one attached hydrogen (secondary N) is 1. The highest BCUT2D eigenvalue weighted by Gasteiger charge is 2.72. The lowest BCUT2D eigenvalue weighted by Gasteiger charge is -2.28. The quantitative estimate of drug-likeness (QED) is 0.0868. The summed E-state index contributed by atoms with van der Waals surface area (Å²) in [5.74, 6) is -12.4. The molecule has 0 radical (unpaired) electrons. The molecule has 2 N–H and O–H groups in total. The third-order valence-corrected chi connectivity index (χ3v) is 6.22. The molecule has 1 atom stereocenters. The number of carboxylic acids is 1. The molecule has 0 bridgehead atoms. The van der Waals surface area contributed by atoms with E-state index < -0.39 is 53.9 Å². The summed E-state index contributed by atoms with van der Waals surface area (Å²) in [5.41, 5.74) is 0.507. The predicted molar refractivity (Wildman–Crippen MR) is 142 cm³/mol.